The fourth-order valence-corrected chi connectivity index (χ4v) is 17.1. The molecule has 4 aliphatic heterocycles. The van der Waals surface area contributed by atoms with Crippen LogP contribution in [0.4, 0.5) is 11.4 Å². The Morgan fingerprint density at radius 3 is 1.33 bits per heavy atom. The average Bonchev–Trinajstić information content (AvgIpc) is 3.18. The maximum atomic E-state index is 14.1. The number of benzene rings is 4. The van der Waals surface area contributed by atoms with Crippen molar-refractivity contribution in [2.75, 3.05) is 9.80 Å². The molecule has 8 nitrogen and oxygen atoms in total. The van der Waals surface area contributed by atoms with Crippen molar-refractivity contribution >= 4 is 54.6 Å². The van der Waals surface area contributed by atoms with E-state index >= 15 is 0 Å². The van der Waals surface area contributed by atoms with Gasteiger partial charge >= 0.3 is 0 Å². The summed E-state index contributed by atoms with van der Waals surface area (Å²) >= 11 is 3.05. The molecule has 4 aromatic rings. The maximum absolute atomic E-state index is 14.1. The highest BCUT2D eigenvalue weighted by atomic mass is 32.2. The topological polar surface area (TPSA) is 93.2 Å². The van der Waals surface area contributed by atoms with Gasteiger partial charge in [0.2, 0.25) is 19.7 Å². The standard InChI is InChI=1S/C42H42N2O6S4/c45-53(46)39-15-7-5-13-35(39)51-37-19-17-25(21-41(37)53)43-27-9-1-3-11-31(27)49-33-24-30-34(23-29(33)43)50-32-12-4-2-10-28(32)44(30)26-18-20-38-42(22-26)54(47,48)40-16-8-6-14-36(40)52-38/h5-8,13-22,27-34H,1-4,9-12,23-24H2. The molecule has 4 heterocycles. The van der Waals surface area contributed by atoms with Crippen LogP contribution in [-0.4, -0.2) is 65.4 Å². The Balaban J connectivity index is 0.974. The lowest BCUT2D eigenvalue weighted by molar-refractivity contribution is -0.154. The van der Waals surface area contributed by atoms with Crippen molar-refractivity contribution in [1.29, 1.82) is 0 Å². The summed E-state index contributed by atoms with van der Waals surface area (Å²) in [6.45, 7) is 0. The van der Waals surface area contributed by atoms with E-state index in [1.165, 1.54) is 23.5 Å². The summed E-state index contributed by atoms with van der Waals surface area (Å²) in [5, 5.41) is 0. The van der Waals surface area contributed by atoms with Crippen molar-refractivity contribution in [2.45, 2.75) is 152 Å². The summed E-state index contributed by atoms with van der Waals surface area (Å²) in [5.74, 6) is 0. The summed E-state index contributed by atoms with van der Waals surface area (Å²) in [5.41, 5.74) is 1.90. The number of rotatable bonds is 2. The Bertz CT molecular complexity index is 2240. The first-order valence-electron chi connectivity index (χ1n) is 19.5. The Morgan fingerprint density at radius 1 is 0.463 bits per heavy atom. The molecule has 0 spiro atoms. The van der Waals surface area contributed by atoms with Crippen LogP contribution in [0.25, 0.3) is 0 Å². The lowest BCUT2D eigenvalue weighted by Crippen LogP contribution is -2.71. The summed E-state index contributed by atoms with van der Waals surface area (Å²) in [7, 11) is -7.35. The second-order valence-electron chi connectivity index (χ2n) is 15.9. The number of sulfone groups is 2. The molecule has 7 aliphatic rings. The van der Waals surface area contributed by atoms with Crippen LogP contribution in [-0.2, 0) is 29.1 Å². The van der Waals surface area contributed by atoms with Crippen molar-refractivity contribution in [1.82, 2.24) is 0 Å². The van der Waals surface area contributed by atoms with Gasteiger partial charge < -0.3 is 19.3 Å². The van der Waals surface area contributed by atoms with Gasteiger partial charge in [-0.15, -0.1) is 0 Å². The van der Waals surface area contributed by atoms with E-state index in [0.717, 1.165) is 95.2 Å². The molecule has 8 unspecified atom stereocenters. The van der Waals surface area contributed by atoms with Crippen LogP contribution in [0, 0.1) is 0 Å². The van der Waals surface area contributed by atoms with Crippen LogP contribution in [0.3, 0.4) is 0 Å². The minimum absolute atomic E-state index is 0.0219. The minimum atomic E-state index is -3.68. The molecule has 2 saturated heterocycles. The molecule has 0 amide bonds. The highest BCUT2D eigenvalue weighted by Crippen LogP contribution is 2.52. The predicted molar refractivity (Wildman–Crippen MR) is 209 cm³/mol. The zero-order valence-electron chi connectivity index (χ0n) is 29.7. The summed E-state index contributed by atoms with van der Waals surface area (Å²) in [6.07, 6.45) is 9.93. The third kappa shape index (κ3) is 5.22. The van der Waals surface area contributed by atoms with E-state index in [0.29, 0.717) is 19.6 Å². The van der Waals surface area contributed by atoms with Crippen molar-refractivity contribution in [3.8, 4) is 0 Å². The van der Waals surface area contributed by atoms with E-state index in [2.05, 4.69) is 21.9 Å². The Labute approximate surface area is 325 Å². The first kappa shape index (κ1) is 34.3. The Kier molecular flexibility index (Phi) is 8.10. The first-order valence-corrected chi connectivity index (χ1v) is 24.1. The molecular formula is C42H42N2O6S4. The minimum Gasteiger partial charge on any atom is -0.371 e. The monoisotopic (exact) mass is 798 g/mol. The van der Waals surface area contributed by atoms with Gasteiger partial charge in [-0.1, -0.05) is 73.5 Å². The van der Waals surface area contributed by atoms with E-state index in [1.807, 2.05) is 48.5 Å². The third-order valence-corrected chi connectivity index (χ3v) is 19.5. The van der Waals surface area contributed by atoms with E-state index < -0.39 is 19.7 Å². The largest absolute Gasteiger partial charge is 0.371 e. The van der Waals surface area contributed by atoms with Crippen LogP contribution in [0.5, 0.6) is 0 Å². The molecule has 5 fully saturated rings. The second-order valence-corrected chi connectivity index (χ2v) is 21.9. The second kappa shape index (κ2) is 12.8. The quantitative estimate of drug-likeness (QED) is 0.170. The molecule has 3 aliphatic carbocycles. The van der Waals surface area contributed by atoms with Crippen molar-refractivity contribution < 1.29 is 26.3 Å². The Hall–Kier alpha value is -3.00. The van der Waals surface area contributed by atoms with Crippen molar-refractivity contribution in [3.63, 3.8) is 0 Å². The number of fused-ring (bicyclic) bond motifs is 8. The molecule has 0 aromatic heterocycles. The lowest BCUT2D eigenvalue weighted by Gasteiger charge is -2.61. The van der Waals surface area contributed by atoms with Crippen molar-refractivity contribution in [3.05, 3.63) is 84.9 Å². The Morgan fingerprint density at radius 2 is 0.870 bits per heavy atom. The van der Waals surface area contributed by atoms with Crippen LogP contribution < -0.4 is 9.80 Å². The van der Waals surface area contributed by atoms with Crippen LogP contribution in [0.15, 0.2) is 124 Å². The highest BCUT2D eigenvalue weighted by Gasteiger charge is 2.55. The van der Waals surface area contributed by atoms with Gasteiger partial charge in [-0.3, -0.25) is 0 Å². The fraction of sp³-hybridized carbons (Fsp3) is 0.429. The lowest BCUT2D eigenvalue weighted by atomic mass is 9.76. The van der Waals surface area contributed by atoms with Gasteiger partial charge in [0, 0.05) is 31.0 Å². The molecular weight excluding hydrogens is 757 g/mol. The molecule has 0 N–H and O–H groups in total. The SMILES string of the molecule is O=S1(=O)c2ccccc2Sc2ccc(N3C4CCCCC4OC4CC5C(CC43)OC3CCCCC3N5c3ccc4c(c3)S(=O)(=O)c3ccccc3S4)cc21. The van der Waals surface area contributed by atoms with Gasteiger partial charge in [-0.25, -0.2) is 16.8 Å². The van der Waals surface area contributed by atoms with Crippen LogP contribution in [0.2, 0.25) is 0 Å². The molecule has 11 rings (SSSR count). The zero-order chi connectivity index (χ0) is 36.3. The summed E-state index contributed by atoms with van der Waals surface area (Å²) in [4.78, 5) is 9.71. The smallest absolute Gasteiger partial charge is 0.208 e. The molecule has 0 radical (unpaired) electrons. The number of hydrogen-bond acceptors (Lipinski definition) is 10. The molecule has 54 heavy (non-hydrogen) atoms. The normalized spacial score (nSPS) is 32.7. The molecule has 280 valence electrons. The third-order valence-electron chi connectivity index (χ3n) is 13.0. The molecule has 0 bridgehead atoms. The first-order chi connectivity index (χ1) is 26.3. The van der Waals surface area contributed by atoms with Gasteiger partial charge in [-0.05, 0) is 99.2 Å². The number of ether oxygens (including phenoxy) is 2. The van der Waals surface area contributed by atoms with E-state index in [1.54, 1.807) is 24.3 Å². The van der Waals surface area contributed by atoms with E-state index in [4.69, 9.17) is 9.47 Å². The maximum Gasteiger partial charge on any atom is 0.208 e. The van der Waals surface area contributed by atoms with Gasteiger partial charge in [-0.2, -0.15) is 0 Å². The fourth-order valence-electron chi connectivity index (χ4n) is 10.7. The summed E-state index contributed by atoms with van der Waals surface area (Å²) in [6, 6.07) is 27.1. The van der Waals surface area contributed by atoms with Gasteiger partial charge in [0.25, 0.3) is 0 Å². The van der Waals surface area contributed by atoms with Gasteiger partial charge in [0.05, 0.1) is 68.2 Å². The number of morpholine rings is 2. The van der Waals surface area contributed by atoms with Gasteiger partial charge in [0.15, 0.2) is 0 Å². The number of anilines is 2. The van der Waals surface area contributed by atoms with Crippen LogP contribution >= 0.6 is 23.5 Å². The van der Waals surface area contributed by atoms with Crippen molar-refractivity contribution in [2.24, 2.45) is 0 Å². The van der Waals surface area contributed by atoms with Crippen LogP contribution in [0.1, 0.15) is 64.2 Å². The van der Waals surface area contributed by atoms with E-state index in [9.17, 15) is 16.8 Å². The predicted octanol–water partition coefficient (Wildman–Crippen LogP) is 8.55. The number of hydrogen-bond donors (Lipinski definition) is 0. The zero-order valence-corrected chi connectivity index (χ0v) is 33.0. The number of nitrogens with zero attached hydrogens (tertiary/aromatic N) is 2. The molecule has 4 aromatic carbocycles. The molecule has 8 atom stereocenters. The van der Waals surface area contributed by atoms with Gasteiger partial charge in [0.1, 0.15) is 0 Å². The average molecular weight is 799 g/mol. The molecule has 12 heteroatoms. The highest BCUT2D eigenvalue weighted by molar-refractivity contribution is 8.02. The van der Waals surface area contributed by atoms with E-state index in [-0.39, 0.29) is 48.6 Å². The summed E-state index contributed by atoms with van der Waals surface area (Å²) < 4.78 is 70.5. The molecule has 3 saturated carbocycles.